The first-order valence-corrected chi connectivity index (χ1v) is 7.07. The number of ether oxygens (including phenoxy) is 1. The van der Waals surface area contributed by atoms with Gasteiger partial charge in [-0.05, 0) is 77.7 Å². The normalized spacial score (nSPS) is 12.3. The van der Waals surface area contributed by atoms with Crippen molar-refractivity contribution in [2.45, 2.75) is 26.8 Å². The molecule has 0 aliphatic rings. The highest BCUT2D eigenvalue weighted by Crippen LogP contribution is 2.32. The van der Waals surface area contributed by atoms with Gasteiger partial charge in [-0.15, -0.1) is 0 Å². The first kappa shape index (κ1) is 14.1. The van der Waals surface area contributed by atoms with Gasteiger partial charge in [-0.1, -0.05) is 12.1 Å². The fourth-order valence-corrected chi connectivity index (χ4v) is 2.26. The molecule has 3 heteroatoms. The van der Waals surface area contributed by atoms with Crippen molar-refractivity contribution >= 4 is 15.9 Å². The molecule has 2 aromatic carbocycles. The van der Waals surface area contributed by atoms with Gasteiger partial charge in [-0.3, -0.25) is 0 Å². The molecule has 0 radical (unpaired) electrons. The molecule has 0 aromatic heterocycles. The summed E-state index contributed by atoms with van der Waals surface area (Å²) in [5.41, 5.74) is 9.43. The minimum absolute atomic E-state index is 0.0203. The van der Waals surface area contributed by atoms with E-state index >= 15 is 0 Å². The molecule has 2 aromatic rings. The third-order valence-electron chi connectivity index (χ3n) is 3.19. The lowest BCUT2D eigenvalue weighted by molar-refractivity contribution is 0.478. The summed E-state index contributed by atoms with van der Waals surface area (Å²) in [6, 6.07) is 12.0. The van der Waals surface area contributed by atoms with Gasteiger partial charge in [0.05, 0.1) is 4.47 Å². The van der Waals surface area contributed by atoms with Gasteiger partial charge in [-0.25, -0.2) is 0 Å². The van der Waals surface area contributed by atoms with E-state index < -0.39 is 0 Å². The topological polar surface area (TPSA) is 35.2 Å². The van der Waals surface area contributed by atoms with Gasteiger partial charge in [-0.2, -0.15) is 0 Å². The monoisotopic (exact) mass is 319 g/mol. The number of hydrogen-bond donors (Lipinski definition) is 1. The molecule has 0 bridgehead atoms. The maximum atomic E-state index is 5.89. The van der Waals surface area contributed by atoms with E-state index in [2.05, 4.69) is 35.8 Å². The van der Waals surface area contributed by atoms with Crippen LogP contribution in [0.15, 0.2) is 40.9 Å². The summed E-state index contributed by atoms with van der Waals surface area (Å²) in [5.74, 6) is 1.64. The Morgan fingerprint density at radius 1 is 1.05 bits per heavy atom. The van der Waals surface area contributed by atoms with E-state index in [4.69, 9.17) is 10.5 Å². The minimum Gasteiger partial charge on any atom is -0.456 e. The Labute approximate surface area is 122 Å². The molecule has 1 atom stereocenters. The van der Waals surface area contributed by atoms with Crippen LogP contribution in [0.3, 0.4) is 0 Å². The van der Waals surface area contributed by atoms with Crippen LogP contribution in [0, 0.1) is 13.8 Å². The van der Waals surface area contributed by atoms with Crippen LogP contribution in [0.1, 0.15) is 29.7 Å². The third-order valence-corrected chi connectivity index (χ3v) is 3.81. The van der Waals surface area contributed by atoms with Gasteiger partial charge in [0.1, 0.15) is 11.5 Å². The van der Waals surface area contributed by atoms with E-state index in [0.717, 1.165) is 21.5 Å². The Kier molecular flexibility index (Phi) is 4.27. The maximum absolute atomic E-state index is 5.89. The van der Waals surface area contributed by atoms with Crippen LogP contribution in [0.25, 0.3) is 0 Å². The number of nitrogens with two attached hydrogens (primary N) is 1. The fraction of sp³-hybridized carbons (Fsp3) is 0.250. The molecule has 0 spiro atoms. The van der Waals surface area contributed by atoms with Crippen molar-refractivity contribution in [2.75, 3.05) is 0 Å². The first-order valence-electron chi connectivity index (χ1n) is 6.27. The Bertz CT molecular complexity index is 593. The summed E-state index contributed by atoms with van der Waals surface area (Å²) in [7, 11) is 0. The van der Waals surface area contributed by atoms with E-state index in [9.17, 15) is 0 Å². The van der Waals surface area contributed by atoms with Crippen LogP contribution in [0.5, 0.6) is 11.5 Å². The molecule has 100 valence electrons. The second-order valence-electron chi connectivity index (χ2n) is 4.83. The average molecular weight is 320 g/mol. The summed E-state index contributed by atoms with van der Waals surface area (Å²) in [6.07, 6.45) is 0. The summed E-state index contributed by atoms with van der Waals surface area (Å²) in [5, 5.41) is 0. The SMILES string of the molecule is Cc1ccc(Oc2ccc([C@@H](C)N)cc2Br)cc1C. The molecule has 2 nitrogen and oxygen atoms in total. The van der Waals surface area contributed by atoms with Crippen molar-refractivity contribution < 1.29 is 4.74 Å². The summed E-state index contributed by atoms with van der Waals surface area (Å²) in [4.78, 5) is 0. The van der Waals surface area contributed by atoms with Crippen molar-refractivity contribution in [3.8, 4) is 11.5 Å². The van der Waals surface area contributed by atoms with Crippen molar-refractivity contribution in [3.05, 3.63) is 57.6 Å². The van der Waals surface area contributed by atoms with Gasteiger partial charge in [0.15, 0.2) is 0 Å². The van der Waals surface area contributed by atoms with Crippen LogP contribution in [-0.4, -0.2) is 0 Å². The van der Waals surface area contributed by atoms with Gasteiger partial charge < -0.3 is 10.5 Å². The van der Waals surface area contributed by atoms with Crippen LogP contribution in [0.2, 0.25) is 0 Å². The number of halogens is 1. The highest BCUT2D eigenvalue weighted by Gasteiger charge is 2.07. The van der Waals surface area contributed by atoms with Crippen LogP contribution in [0.4, 0.5) is 0 Å². The van der Waals surface area contributed by atoms with E-state index in [1.807, 2.05) is 37.3 Å². The smallest absolute Gasteiger partial charge is 0.141 e. The zero-order valence-corrected chi connectivity index (χ0v) is 13.0. The van der Waals surface area contributed by atoms with Crippen molar-refractivity contribution in [2.24, 2.45) is 5.73 Å². The van der Waals surface area contributed by atoms with Gasteiger partial charge >= 0.3 is 0 Å². The summed E-state index contributed by atoms with van der Waals surface area (Å²) in [6.45, 7) is 6.13. The first-order chi connectivity index (χ1) is 8.97. The highest BCUT2D eigenvalue weighted by atomic mass is 79.9. The zero-order chi connectivity index (χ0) is 14.0. The molecule has 2 N–H and O–H groups in total. The van der Waals surface area contributed by atoms with E-state index in [1.165, 1.54) is 11.1 Å². The number of hydrogen-bond acceptors (Lipinski definition) is 2. The minimum atomic E-state index is 0.0203. The highest BCUT2D eigenvalue weighted by molar-refractivity contribution is 9.10. The molecular weight excluding hydrogens is 302 g/mol. The van der Waals surface area contributed by atoms with Crippen molar-refractivity contribution in [1.82, 2.24) is 0 Å². The summed E-state index contributed by atoms with van der Waals surface area (Å²) < 4.78 is 6.81. The van der Waals surface area contributed by atoms with Crippen LogP contribution < -0.4 is 10.5 Å². The summed E-state index contributed by atoms with van der Waals surface area (Å²) >= 11 is 3.53. The van der Waals surface area contributed by atoms with Crippen molar-refractivity contribution in [1.29, 1.82) is 0 Å². The molecule has 0 aliphatic heterocycles. The average Bonchev–Trinajstić information content (AvgIpc) is 2.36. The maximum Gasteiger partial charge on any atom is 0.141 e. The molecule has 0 heterocycles. The van der Waals surface area contributed by atoms with Gasteiger partial charge in [0.25, 0.3) is 0 Å². The predicted octanol–water partition coefficient (Wildman–Crippen LogP) is 4.88. The van der Waals surface area contributed by atoms with E-state index in [-0.39, 0.29) is 6.04 Å². The quantitative estimate of drug-likeness (QED) is 0.875. The predicted molar refractivity (Wildman–Crippen MR) is 82.7 cm³/mol. The second kappa shape index (κ2) is 5.76. The lowest BCUT2D eigenvalue weighted by atomic mass is 10.1. The number of aryl methyl sites for hydroxylation is 2. The zero-order valence-electron chi connectivity index (χ0n) is 11.4. The standard InChI is InChI=1S/C16H18BrNO/c1-10-4-6-14(8-11(10)2)19-16-7-5-13(12(3)18)9-15(16)17/h4-9,12H,18H2,1-3H3/t12-/m1/s1. The molecule has 2 rings (SSSR count). The molecular formula is C16H18BrNO. The third kappa shape index (κ3) is 3.37. The Morgan fingerprint density at radius 2 is 1.79 bits per heavy atom. The Morgan fingerprint density at radius 3 is 2.37 bits per heavy atom. The largest absolute Gasteiger partial charge is 0.456 e. The van der Waals surface area contributed by atoms with Gasteiger partial charge in [0.2, 0.25) is 0 Å². The van der Waals surface area contributed by atoms with E-state index in [0.29, 0.717) is 0 Å². The fourth-order valence-electron chi connectivity index (χ4n) is 1.79. The molecule has 0 fully saturated rings. The van der Waals surface area contributed by atoms with Gasteiger partial charge in [0, 0.05) is 6.04 Å². The van der Waals surface area contributed by atoms with Crippen LogP contribution in [-0.2, 0) is 0 Å². The lowest BCUT2D eigenvalue weighted by Crippen LogP contribution is -2.04. The second-order valence-corrected chi connectivity index (χ2v) is 5.68. The molecule has 0 aliphatic carbocycles. The Hall–Kier alpha value is -1.32. The molecule has 19 heavy (non-hydrogen) atoms. The number of benzene rings is 2. The molecule has 0 amide bonds. The number of rotatable bonds is 3. The van der Waals surface area contributed by atoms with Crippen LogP contribution >= 0.6 is 15.9 Å². The lowest BCUT2D eigenvalue weighted by Gasteiger charge is -2.12. The molecule has 0 saturated carbocycles. The molecule has 0 unspecified atom stereocenters. The van der Waals surface area contributed by atoms with Crippen molar-refractivity contribution in [3.63, 3.8) is 0 Å². The Balaban J connectivity index is 2.25. The van der Waals surface area contributed by atoms with E-state index in [1.54, 1.807) is 0 Å². The molecule has 0 saturated heterocycles.